The topological polar surface area (TPSA) is 75.9 Å². The zero-order valence-electron chi connectivity index (χ0n) is 13.9. The lowest BCUT2D eigenvalue weighted by Gasteiger charge is -2.31. The van der Waals surface area contributed by atoms with Crippen LogP contribution in [0.4, 0.5) is 5.82 Å². The Hall–Kier alpha value is -2.47. The number of aryl methyl sites for hydroxylation is 2. The third-order valence-electron chi connectivity index (χ3n) is 4.70. The number of hydrogen-bond donors (Lipinski definition) is 2. The predicted molar refractivity (Wildman–Crippen MR) is 92.8 cm³/mol. The number of imidazole rings is 1. The van der Waals surface area contributed by atoms with Crippen LogP contribution in [0.25, 0.3) is 11.0 Å². The van der Waals surface area contributed by atoms with Gasteiger partial charge in [-0.15, -0.1) is 0 Å². The number of nitrogens with one attached hydrogen (secondary N) is 1. The molecule has 3 aromatic rings. The van der Waals surface area contributed by atoms with E-state index in [1.165, 1.54) is 0 Å². The lowest BCUT2D eigenvalue weighted by Crippen LogP contribution is -2.27. The molecule has 0 atom stereocenters. The molecule has 0 radical (unpaired) electrons. The maximum Gasteiger partial charge on any atom is 0.130 e. The minimum Gasteiger partial charge on any atom is -0.393 e. The summed E-state index contributed by atoms with van der Waals surface area (Å²) in [6.07, 6.45) is 1.41. The Morgan fingerprint density at radius 2 is 2.00 bits per heavy atom. The summed E-state index contributed by atoms with van der Waals surface area (Å²) in [5.74, 6) is 2.87. The van der Waals surface area contributed by atoms with Gasteiger partial charge >= 0.3 is 0 Å². The van der Waals surface area contributed by atoms with E-state index in [4.69, 9.17) is 0 Å². The van der Waals surface area contributed by atoms with Gasteiger partial charge in [0.15, 0.2) is 0 Å². The van der Waals surface area contributed by atoms with Crippen molar-refractivity contribution in [3.05, 3.63) is 47.7 Å². The number of nitrogens with zero attached hydrogens (tertiary/aromatic N) is 4. The van der Waals surface area contributed by atoms with E-state index in [0.717, 1.165) is 47.0 Å². The molecule has 2 heterocycles. The van der Waals surface area contributed by atoms with Gasteiger partial charge in [0.25, 0.3) is 0 Å². The Bertz CT molecular complexity index is 882. The second kappa shape index (κ2) is 5.87. The summed E-state index contributed by atoms with van der Waals surface area (Å²) in [5.41, 5.74) is 3.14. The van der Waals surface area contributed by atoms with Crippen LogP contribution in [0.3, 0.4) is 0 Å². The number of fused-ring (bicyclic) bond motifs is 1. The van der Waals surface area contributed by atoms with Gasteiger partial charge in [0, 0.05) is 24.7 Å². The fourth-order valence-electron chi connectivity index (χ4n) is 3.24. The van der Waals surface area contributed by atoms with E-state index in [0.29, 0.717) is 12.5 Å². The van der Waals surface area contributed by atoms with Gasteiger partial charge in [-0.05, 0) is 31.9 Å². The van der Waals surface area contributed by atoms with Crippen LogP contribution < -0.4 is 5.32 Å². The van der Waals surface area contributed by atoms with E-state index in [9.17, 15) is 5.11 Å². The molecule has 2 N–H and O–H groups in total. The van der Waals surface area contributed by atoms with Crippen LogP contribution in [0.1, 0.15) is 36.1 Å². The average molecular weight is 323 g/mol. The minimum atomic E-state index is -0.179. The molecular weight excluding hydrogens is 302 g/mol. The van der Waals surface area contributed by atoms with Crippen LogP contribution >= 0.6 is 0 Å². The number of rotatable bonds is 4. The van der Waals surface area contributed by atoms with Gasteiger partial charge in [0.1, 0.15) is 17.5 Å². The molecule has 0 amide bonds. The molecule has 4 rings (SSSR count). The molecule has 0 bridgehead atoms. The monoisotopic (exact) mass is 323 g/mol. The molecule has 6 nitrogen and oxygen atoms in total. The first-order valence-corrected chi connectivity index (χ1v) is 8.28. The van der Waals surface area contributed by atoms with Crippen molar-refractivity contribution in [2.24, 2.45) is 7.05 Å². The number of hydrogen-bond acceptors (Lipinski definition) is 5. The van der Waals surface area contributed by atoms with Crippen molar-refractivity contribution in [1.29, 1.82) is 0 Å². The predicted octanol–water partition coefficient (Wildman–Crippen LogP) is 2.52. The zero-order valence-corrected chi connectivity index (χ0v) is 13.9. The first kappa shape index (κ1) is 15.1. The van der Waals surface area contributed by atoms with Crippen molar-refractivity contribution in [1.82, 2.24) is 19.5 Å². The standard InChI is InChI=1S/C18H21N5O/c1-11-20-15(12-7-13(24)8-12)9-17(21-11)19-10-18-22-14-5-3-4-6-16(14)23(18)2/h3-6,9,12-13,24H,7-8,10H2,1-2H3,(H,19,20,21). The quantitative estimate of drug-likeness (QED) is 0.771. The first-order chi connectivity index (χ1) is 11.6. The largest absolute Gasteiger partial charge is 0.393 e. The Morgan fingerprint density at radius 1 is 1.21 bits per heavy atom. The maximum absolute atomic E-state index is 9.50. The smallest absolute Gasteiger partial charge is 0.130 e. The van der Waals surface area contributed by atoms with Crippen molar-refractivity contribution in [2.45, 2.75) is 38.3 Å². The molecule has 1 aliphatic rings. The summed E-state index contributed by atoms with van der Waals surface area (Å²) in [5, 5.41) is 12.9. The fraction of sp³-hybridized carbons (Fsp3) is 0.389. The summed E-state index contributed by atoms with van der Waals surface area (Å²) >= 11 is 0. The van der Waals surface area contributed by atoms with Gasteiger partial charge in [-0.25, -0.2) is 15.0 Å². The van der Waals surface area contributed by atoms with Crippen LogP contribution in [0.5, 0.6) is 0 Å². The highest BCUT2D eigenvalue weighted by atomic mass is 16.3. The van der Waals surface area contributed by atoms with Crippen molar-refractivity contribution in [3.63, 3.8) is 0 Å². The Labute approximate surface area is 140 Å². The average Bonchev–Trinajstić information content (AvgIpc) is 2.86. The molecule has 0 spiro atoms. The Balaban J connectivity index is 1.53. The summed E-state index contributed by atoms with van der Waals surface area (Å²) in [7, 11) is 2.03. The lowest BCUT2D eigenvalue weighted by molar-refractivity contribution is 0.0731. The second-order valence-corrected chi connectivity index (χ2v) is 6.48. The van der Waals surface area contributed by atoms with Crippen molar-refractivity contribution < 1.29 is 5.11 Å². The molecule has 0 unspecified atom stereocenters. The summed E-state index contributed by atoms with van der Waals surface area (Å²) in [6.45, 7) is 2.51. The van der Waals surface area contributed by atoms with E-state index in [-0.39, 0.29) is 6.10 Å². The number of aliphatic hydroxyl groups is 1. The molecule has 2 aromatic heterocycles. The van der Waals surface area contributed by atoms with Crippen LogP contribution in [0, 0.1) is 6.92 Å². The van der Waals surface area contributed by atoms with Gasteiger partial charge < -0.3 is 15.0 Å². The van der Waals surface area contributed by atoms with E-state index >= 15 is 0 Å². The Morgan fingerprint density at radius 3 is 2.75 bits per heavy atom. The Kier molecular flexibility index (Phi) is 3.69. The molecule has 124 valence electrons. The number of para-hydroxylation sites is 2. The number of anilines is 1. The third-order valence-corrected chi connectivity index (χ3v) is 4.70. The molecule has 6 heteroatoms. The zero-order chi connectivity index (χ0) is 16.7. The van der Waals surface area contributed by atoms with Crippen molar-refractivity contribution in [3.8, 4) is 0 Å². The van der Waals surface area contributed by atoms with Gasteiger partial charge in [-0.2, -0.15) is 0 Å². The van der Waals surface area contributed by atoms with Crippen LogP contribution in [0.2, 0.25) is 0 Å². The van der Waals surface area contributed by atoms with E-state index in [2.05, 4.69) is 30.9 Å². The van der Waals surface area contributed by atoms with Crippen LogP contribution in [-0.2, 0) is 13.6 Å². The number of aliphatic hydroxyl groups excluding tert-OH is 1. The van der Waals surface area contributed by atoms with Crippen LogP contribution in [0.15, 0.2) is 30.3 Å². The summed E-state index contributed by atoms with van der Waals surface area (Å²) in [6, 6.07) is 10.1. The van der Waals surface area contributed by atoms with E-state index < -0.39 is 0 Å². The third kappa shape index (κ3) is 2.73. The van der Waals surface area contributed by atoms with Crippen molar-refractivity contribution in [2.75, 3.05) is 5.32 Å². The highest BCUT2D eigenvalue weighted by molar-refractivity contribution is 5.75. The van der Waals surface area contributed by atoms with E-state index in [1.807, 2.05) is 38.2 Å². The van der Waals surface area contributed by atoms with Gasteiger partial charge in [0.2, 0.25) is 0 Å². The van der Waals surface area contributed by atoms with Gasteiger partial charge in [-0.1, -0.05) is 12.1 Å². The lowest BCUT2D eigenvalue weighted by atomic mass is 9.80. The van der Waals surface area contributed by atoms with E-state index in [1.54, 1.807) is 0 Å². The summed E-state index contributed by atoms with van der Waals surface area (Å²) in [4.78, 5) is 13.7. The van der Waals surface area contributed by atoms with Gasteiger partial charge in [-0.3, -0.25) is 0 Å². The molecule has 0 aliphatic heterocycles. The molecule has 0 saturated heterocycles. The molecule has 1 fully saturated rings. The highest BCUT2D eigenvalue weighted by Crippen LogP contribution is 2.36. The highest BCUT2D eigenvalue weighted by Gasteiger charge is 2.30. The summed E-state index contributed by atoms with van der Waals surface area (Å²) < 4.78 is 2.10. The normalized spacial score (nSPS) is 20.1. The number of benzene rings is 1. The molecule has 1 aliphatic carbocycles. The van der Waals surface area contributed by atoms with Crippen LogP contribution in [-0.4, -0.2) is 30.7 Å². The number of aromatic nitrogens is 4. The first-order valence-electron chi connectivity index (χ1n) is 8.28. The fourth-order valence-corrected chi connectivity index (χ4v) is 3.24. The molecule has 1 aromatic carbocycles. The SMILES string of the molecule is Cc1nc(NCc2nc3ccccc3n2C)cc(C2CC(O)C2)n1. The molecule has 1 saturated carbocycles. The second-order valence-electron chi connectivity index (χ2n) is 6.48. The maximum atomic E-state index is 9.50. The molecule has 24 heavy (non-hydrogen) atoms. The van der Waals surface area contributed by atoms with Crippen molar-refractivity contribution >= 4 is 16.9 Å². The molecular formula is C18H21N5O. The van der Waals surface area contributed by atoms with Gasteiger partial charge in [0.05, 0.1) is 23.7 Å². The minimum absolute atomic E-state index is 0.179.